The highest BCUT2D eigenvalue weighted by atomic mass is 19.4. The number of hydrogen-bond acceptors (Lipinski definition) is 3. The van der Waals surface area contributed by atoms with Crippen LogP contribution >= 0.6 is 0 Å². The molecule has 1 unspecified atom stereocenters. The Balaban J connectivity index is 3.02. The Morgan fingerprint density at radius 1 is 1.25 bits per heavy atom. The van der Waals surface area contributed by atoms with Gasteiger partial charge in [0, 0.05) is 6.61 Å². The van der Waals surface area contributed by atoms with Crippen molar-refractivity contribution >= 4 is 0 Å². The standard InChI is InChI=1S/C14H20F3NO2/c1-5-19-13(2,3)12(18-4)10-7-6-8-11(9-10)20-14(15,16)17/h6-9,12,18H,5H2,1-4H3. The van der Waals surface area contributed by atoms with Gasteiger partial charge >= 0.3 is 6.36 Å². The van der Waals surface area contributed by atoms with E-state index in [1.165, 1.54) is 18.2 Å². The molecule has 0 aliphatic heterocycles. The molecule has 0 saturated heterocycles. The maximum Gasteiger partial charge on any atom is 0.573 e. The Kier molecular flexibility index (Phi) is 5.42. The number of halogens is 3. The Morgan fingerprint density at radius 3 is 2.40 bits per heavy atom. The second-order valence-electron chi connectivity index (χ2n) is 4.88. The van der Waals surface area contributed by atoms with Crippen molar-refractivity contribution in [2.75, 3.05) is 13.7 Å². The molecular formula is C14H20F3NO2. The van der Waals surface area contributed by atoms with Crippen LogP contribution in [0.4, 0.5) is 13.2 Å². The first kappa shape index (κ1) is 16.8. The van der Waals surface area contributed by atoms with E-state index in [1.54, 1.807) is 13.1 Å². The summed E-state index contributed by atoms with van der Waals surface area (Å²) in [4.78, 5) is 0. The summed E-state index contributed by atoms with van der Waals surface area (Å²) in [6, 6.07) is 5.67. The van der Waals surface area contributed by atoms with Crippen molar-refractivity contribution in [3.63, 3.8) is 0 Å². The second-order valence-corrected chi connectivity index (χ2v) is 4.88. The normalized spacial score (nSPS) is 14.2. The predicted molar refractivity (Wildman–Crippen MR) is 70.6 cm³/mol. The summed E-state index contributed by atoms with van der Waals surface area (Å²) >= 11 is 0. The first-order chi connectivity index (χ1) is 9.19. The zero-order valence-corrected chi connectivity index (χ0v) is 12.0. The summed E-state index contributed by atoms with van der Waals surface area (Å²) in [5.74, 6) is -0.234. The van der Waals surface area contributed by atoms with E-state index in [2.05, 4.69) is 10.1 Å². The van der Waals surface area contributed by atoms with Crippen molar-refractivity contribution in [2.24, 2.45) is 0 Å². The van der Waals surface area contributed by atoms with Gasteiger partial charge in [-0.2, -0.15) is 0 Å². The molecule has 0 amide bonds. The van der Waals surface area contributed by atoms with E-state index in [0.717, 1.165) is 0 Å². The molecule has 0 bridgehead atoms. The highest BCUT2D eigenvalue weighted by Gasteiger charge is 2.33. The molecular weight excluding hydrogens is 271 g/mol. The molecule has 0 spiro atoms. The van der Waals surface area contributed by atoms with Gasteiger partial charge in [0.1, 0.15) is 5.75 Å². The van der Waals surface area contributed by atoms with Gasteiger partial charge in [0.05, 0.1) is 11.6 Å². The smallest absolute Gasteiger partial charge is 0.406 e. The Hall–Kier alpha value is -1.27. The van der Waals surface area contributed by atoms with Gasteiger partial charge in [-0.1, -0.05) is 12.1 Å². The van der Waals surface area contributed by atoms with Crippen LogP contribution in [-0.4, -0.2) is 25.6 Å². The number of likely N-dealkylation sites (N-methyl/N-ethyl adjacent to an activating group) is 1. The second kappa shape index (κ2) is 6.45. The van der Waals surface area contributed by atoms with Gasteiger partial charge in [-0.15, -0.1) is 13.2 Å². The molecule has 0 radical (unpaired) electrons. The van der Waals surface area contributed by atoms with Crippen LogP contribution in [0, 0.1) is 0 Å². The minimum atomic E-state index is -4.69. The molecule has 1 aromatic rings. The number of hydrogen-bond donors (Lipinski definition) is 1. The highest BCUT2D eigenvalue weighted by Crippen LogP contribution is 2.32. The fourth-order valence-corrected chi connectivity index (χ4v) is 2.26. The van der Waals surface area contributed by atoms with Crippen molar-refractivity contribution in [2.45, 2.75) is 38.8 Å². The van der Waals surface area contributed by atoms with Crippen LogP contribution in [-0.2, 0) is 4.74 Å². The third-order valence-corrected chi connectivity index (χ3v) is 2.93. The van der Waals surface area contributed by atoms with Gasteiger partial charge in [0.15, 0.2) is 0 Å². The molecule has 3 nitrogen and oxygen atoms in total. The van der Waals surface area contributed by atoms with Crippen molar-refractivity contribution in [3.05, 3.63) is 29.8 Å². The molecule has 1 aromatic carbocycles. The molecule has 1 N–H and O–H groups in total. The lowest BCUT2D eigenvalue weighted by atomic mass is 9.91. The molecule has 0 aliphatic carbocycles. The molecule has 20 heavy (non-hydrogen) atoms. The first-order valence-electron chi connectivity index (χ1n) is 6.36. The lowest BCUT2D eigenvalue weighted by Crippen LogP contribution is -2.40. The van der Waals surface area contributed by atoms with Crippen LogP contribution in [0.1, 0.15) is 32.4 Å². The predicted octanol–water partition coefficient (Wildman–Crippen LogP) is 3.66. The van der Waals surface area contributed by atoms with E-state index in [-0.39, 0.29) is 11.8 Å². The van der Waals surface area contributed by atoms with Gasteiger partial charge in [-0.25, -0.2) is 0 Å². The van der Waals surface area contributed by atoms with E-state index in [0.29, 0.717) is 12.2 Å². The van der Waals surface area contributed by atoms with Gasteiger partial charge in [-0.05, 0) is 45.5 Å². The van der Waals surface area contributed by atoms with E-state index in [4.69, 9.17) is 4.74 Å². The van der Waals surface area contributed by atoms with Crippen LogP contribution in [0.3, 0.4) is 0 Å². The highest BCUT2D eigenvalue weighted by molar-refractivity contribution is 5.32. The lowest BCUT2D eigenvalue weighted by Gasteiger charge is -2.34. The van der Waals surface area contributed by atoms with E-state index < -0.39 is 12.0 Å². The summed E-state index contributed by atoms with van der Waals surface area (Å²) in [7, 11) is 1.74. The van der Waals surface area contributed by atoms with Gasteiger partial charge in [0.2, 0.25) is 0 Å². The minimum absolute atomic E-state index is 0.234. The monoisotopic (exact) mass is 291 g/mol. The van der Waals surface area contributed by atoms with Gasteiger partial charge < -0.3 is 14.8 Å². The van der Waals surface area contributed by atoms with E-state index >= 15 is 0 Å². The molecule has 0 saturated carbocycles. The maximum absolute atomic E-state index is 12.2. The van der Waals surface area contributed by atoms with Crippen LogP contribution in [0.2, 0.25) is 0 Å². The number of rotatable bonds is 6. The number of nitrogens with one attached hydrogen (secondary N) is 1. The van der Waals surface area contributed by atoms with E-state index in [1.807, 2.05) is 20.8 Å². The topological polar surface area (TPSA) is 30.5 Å². The Morgan fingerprint density at radius 2 is 1.90 bits per heavy atom. The largest absolute Gasteiger partial charge is 0.573 e. The van der Waals surface area contributed by atoms with Crippen LogP contribution in [0.15, 0.2) is 24.3 Å². The molecule has 0 heterocycles. The van der Waals surface area contributed by atoms with Crippen molar-refractivity contribution in [1.82, 2.24) is 5.32 Å². The number of alkyl halides is 3. The number of benzene rings is 1. The minimum Gasteiger partial charge on any atom is -0.406 e. The van der Waals surface area contributed by atoms with Gasteiger partial charge in [0.25, 0.3) is 0 Å². The van der Waals surface area contributed by atoms with Gasteiger partial charge in [-0.3, -0.25) is 0 Å². The van der Waals surface area contributed by atoms with Crippen LogP contribution in [0.25, 0.3) is 0 Å². The lowest BCUT2D eigenvalue weighted by molar-refractivity contribution is -0.274. The molecule has 1 atom stereocenters. The molecule has 6 heteroatoms. The zero-order chi connectivity index (χ0) is 15.4. The summed E-state index contributed by atoms with van der Waals surface area (Å²) < 4.78 is 46.3. The van der Waals surface area contributed by atoms with E-state index in [9.17, 15) is 13.2 Å². The SMILES string of the molecule is CCOC(C)(C)C(NC)c1cccc(OC(F)(F)F)c1. The van der Waals surface area contributed by atoms with Crippen LogP contribution < -0.4 is 10.1 Å². The molecule has 1 rings (SSSR count). The molecule has 0 aromatic heterocycles. The van der Waals surface area contributed by atoms with Crippen molar-refractivity contribution in [3.8, 4) is 5.75 Å². The average molecular weight is 291 g/mol. The summed E-state index contributed by atoms with van der Waals surface area (Å²) in [6.07, 6.45) is -4.69. The number of ether oxygens (including phenoxy) is 2. The average Bonchev–Trinajstić information content (AvgIpc) is 2.27. The maximum atomic E-state index is 12.2. The first-order valence-corrected chi connectivity index (χ1v) is 6.36. The fraction of sp³-hybridized carbons (Fsp3) is 0.571. The zero-order valence-electron chi connectivity index (χ0n) is 12.0. The Bertz CT molecular complexity index is 433. The summed E-state index contributed by atoms with van der Waals surface area (Å²) in [5.41, 5.74) is 0.119. The summed E-state index contributed by atoms with van der Waals surface area (Å²) in [5, 5.41) is 3.07. The molecule has 114 valence electrons. The van der Waals surface area contributed by atoms with Crippen molar-refractivity contribution < 1.29 is 22.6 Å². The molecule has 0 fully saturated rings. The third kappa shape index (κ3) is 4.68. The third-order valence-electron chi connectivity index (χ3n) is 2.93. The Labute approximate surface area is 117 Å². The summed E-state index contributed by atoms with van der Waals surface area (Å²) in [6.45, 7) is 6.16. The van der Waals surface area contributed by atoms with Crippen molar-refractivity contribution in [1.29, 1.82) is 0 Å². The fourth-order valence-electron chi connectivity index (χ4n) is 2.26. The quantitative estimate of drug-likeness (QED) is 0.867. The van der Waals surface area contributed by atoms with Crippen LogP contribution in [0.5, 0.6) is 5.75 Å². The molecule has 0 aliphatic rings.